The molecule has 0 aromatic rings. The minimum absolute atomic E-state index is 0.0146. The maximum Gasteiger partial charge on any atom is 0.268 e. The second-order valence-electron chi connectivity index (χ2n) is 20.3. The molecule has 0 radical (unpaired) electrons. The van der Waals surface area contributed by atoms with Crippen molar-refractivity contribution >= 4 is 13.7 Å². The molecule has 8 nitrogen and oxygen atoms in total. The van der Waals surface area contributed by atoms with Crippen LogP contribution in [0.25, 0.3) is 0 Å². The zero-order valence-electron chi connectivity index (χ0n) is 42.8. The number of carbonyl (C=O) groups excluding carboxylic acids is 1. The van der Waals surface area contributed by atoms with Crippen LogP contribution in [-0.2, 0) is 18.4 Å². The number of quaternary nitrogens is 1. The maximum absolute atomic E-state index is 12.9. The molecule has 0 heterocycles. The molecule has 0 saturated carbocycles. The Morgan fingerprint density at radius 2 is 0.873 bits per heavy atom. The summed E-state index contributed by atoms with van der Waals surface area (Å²) in [6.45, 7) is 4.72. The Morgan fingerprint density at radius 3 is 1.24 bits per heavy atom. The zero-order chi connectivity index (χ0) is 46.4. The molecule has 0 rings (SSSR count). The molecule has 3 atom stereocenters. The number of nitrogens with one attached hydrogen (secondary N) is 1. The number of hydrogen-bond donors (Lipinski definition) is 2. The lowest BCUT2D eigenvalue weighted by Crippen LogP contribution is -2.46. The molecule has 0 aromatic carbocycles. The standard InChI is InChI=1S/C54H109N2O6P/c1-6-8-10-12-14-16-17-18-19-20-21-22-23-24-25-26-27-28-29-30-31-32-33-34-35-36-37-38-40-42-44-46-48-54(58)55-52(51-62-63(59,60)61-50-49-56(3,4)5)53(57)47-45-43-41-39-15-13-11-9-7-2/h24-25,52-53,57H,6-23,26-51H2,1-5H3,(H-,55,58,59,60)/b25-24-. The van der Waals surface area contributed by atoms with E-state index in [1.165, 1.54) is 212 Å². The van der Waals surface area contributed by atoms with Gasteiger partial charge in [0.25, 0.3) is 7.82 Å². The first kappa shape index (κ1) is 62.2. The Hall–Kier alpha value is -0.760. The number of phosphoric acid groups is 1. The number of hydrogen-bond acceptors (Lipinski definition) is 6. The van der Waals surface area contributed by atoms with Crippen molar-refractivity contribution < 1.29 is 32.9 Å². The van der Waals surface area contributed by atoms with E-state index in [2.05, 4.69) is 31.3 Å². The van der Waals surface area contributed by atoms with E-state index in [0.717, 1.165) is 38.5 Å². The molecule has 0 fully saturated rings. The summed E-state index contributed by atoms with van der Waals surface area (Å²) in [6.07, 6.45) is 55.6. The summed E-state index contributed by atoms with van der Waals surface area (Å²) in [6, 6.07) is -0.794. The zero-order valence-corrected chi connectivity index (χ0v) is 43.7. The monoisotopic (exact) mass is 913 g/mol. The van der Waals surface area contributed by atoms with Crippen molar-refractivity contribution in [3.05, 3.63) is 12.2 Å². The summed E-state index contributed by atoms with van der Waals surface area (Å²) in [7, 11) is 1.31. The highest BCUT2D eigenvalue weighted by molar-refractivity contribution is 7.45. The van der Waals surface area contributed by atoms with Crippen LogP contribution in [0.4, 0.5) is 0 Å². The fraction of sp³-hybridized carbons (Fsp3) is 0.944. The molecule has 0 saturated heterocycles. The summed E-state index contributed by atoms with van der Waals surface area (Å²) in [5, 5.41) is 13.9. The van der Waals surface area contributed by atoms with E-state index in [9.17, 15) is 19.4 Å². The van der Waals surface area contributed by atoms with Crippen LogP contribution in [0.5, 0.6) is 0 Å². The molecule has 0 aliphatic rings. The van der Waals surface area contributed by atoms with Crippen molar-refractivity contribution in [2.24, 2.45) is 0 Å². The van der Waals surface area contributed by atoms with Crippen LogP contribution in [0.3, 0.4) is 0 Å². The van der Waals surface area contributed by atoms with Gasteiger partial charge in [0.05, 0.1) is 39.9 Å². The van der Waals surface area contributed by atoms with Crippen LogP contribution in [0.15, 0.2) is 12.2 Å². The third kappa shape index (κ3) is 49.0. The minimum atomic E-state index is -4.56. The van der Waals surface area contributed by atoms with Crippen LogP contribution < -0.4 is 10.2 Å². The minimum Gasteiger partial charge on any atom is -0.756 e. The van der Waals surface area contributed by atoms with E-state index in [0.29, 0.717) is 23.9 Å². The van der Waals surface area contributed by atoms with E-state index in [1.807, 2.05) is 21.1 Å². The lowest BCUT2D eigenvalue weighted by atomic mass is 10.0. The van der Waals surface area contributed by atoms with E-state index in [4.69, 9.17) is 9.05 Å². The van der Waals surface area contributed by atoms with Gasteiger partial charge in [-0.15, -0.1) is 0 Å². The molecule has 2 N–H and O–H groups in total. The highest BCUT2D eigenvalue weighted by atomic mass is 31.2. The van der Waals surface area contributed by atoms with Gasteiger partial charge in [0.1, 0.15) is 13.2 Å². The lowest BCUT2D eigenvalue weighted by Gasteiger charge is -2.30. The quantitative estimate of drug-likeness (QED) is 0.0272. The first-order valence-corrected chi connectivity index (χ1v) is 29.0. The van der Waals surface area contributed by atoms with Gasteiger partial charge in [-0.3, -0.25) is 9.36 Å². The largest absolute Gasteiger partial charge is 0.756 e. The first-order valence-electron chi connectivity index (χ1n) is 27.5. The third-order valence-corrected chi connectivity index (χ3v) is 13.7. The van der Waals surface area contributed by atoms with Gasteiger partial charge in [0.2, 0.25) is 5.91 Å². The Kier molecular flexibility index (Phi) is 45.8. The number of carbonyl (C=O) groups is 1. The number of nitrogens with zero attached hydrogens (tertiary/aromatic N) is 1. The van der Waals surface area contributed by atoms with Crippen molar-refractivity contribution in [2.45, 2.75) is 289 Å². The van der Waals surface area contributed by atoms with Gasteiger partial charge in [-0.2, -0.15) is 0 Å². The van der Waals surface area contributed by atoms with Gasteiger partial charge in [0.15, 0.2) is 0 Å². The van der Waals surface area contributed by atoms with E-state index in [1.54, 1.807) is 0 Å². The topological polar surface area (TPSA) is 108 Å². The van der Waals surface area contributed by atoms with Gasteiger partial charge in [-0.1, -0.05) is 244 Å². The molecule has 376 valence electrons. The molecule has 1 amide bonds. The van der Waals surface area contributed by atoms with Crippen molar-refractivity contribution in [1.82, 2.24) is 5.32 Å². The van der Waals surface area contributed by atoms with Crippen molar-refractivity contribution in [3.63, 3.8) is 0 Å². The predicted molar refractivity (Wildman–Crippen MR) is 270 cm³/mol. The number of likely N-dealkylation sites (N-methyl/N-ethyl adjacent to an activating group) is 1. The molecule has 63 heavy (non-hydrogen) atoms. The summed E-state index contributed by atoms with van der Waals surface area (Å²) in [5.41, 5.74) is 0. The molecule has 0 bridgehead atoms. The molecular formula is C54H109N2O6P. The molecule has 0 aliphatic carbocycles. The summed E-state index contributed by atoms with van der Waals surface area (Å²) in [5.74, 6) is -0.163. The number of allylic oxidation sites excluding steroid dienone is 2. The predicted octanol–water partition coefficient (Wildman–Crippen LogP) is 15.6. The number of aliphatic hydroxyl groups is 1. The number of unbranched alkanes of at least 4 members (excludes halogenated alkanes) is 36. The number of amides is 1. The molecule has 3 unspecified atom stereocenters. The summed E-state index contributed by atoms with van der Waals surface area (Å²) >= 11 is 0. The van der Waals surface area contributed by atoms with Crippen molar-refractivity contribution in [3.8, 4) is 0 Å². The second-order valence-corrected chi connectivity index (χ2v) is 21.7. The Balaban J connectivity index is 3.89. The molecular weight excluding hydrogens is 804 g/mol. The van der Waals surface area contributed by atoms with Crippen LogP contribution in [-0.4, -0.2) is 68.5 Å². The smallest absolute Gasteiger partial charge is 0.268 e. The number of aliphatic hydroxyl groups excluding tert-OH is 1. The van der Waals surface area contributed by atoms with Gasteiger partial charge < -0.3 is 28.8 Å². The van der Waals surface area contributed by atoms with E-state index < -0.39 is 20.0 Å². The van der Waals surface area contributed by atoms with Crippen LogP contribution in [0.1, 0.15) is 277 Å². The Labute approximate surface area is 392 Å². The number of rotatable bonds is 51. The normalized spacial score (nSPS) is 14.1. The summed E-state index contributed by atoms with van der Waals surface area (Å²) in [4.78, 5) is 25.4. The highest BCUT2D eigenvalue weighted by Crippen LogP contribution is 2.38. The molecule has 0 aliphatic heterocycles. The molecule has 0 aromatic heterocycles. The van der Waals surface area contributed by atoms with Gasteiger partial charge in [-0.05, 0) is 38.5 Å². The van der Waals surface area contributed by atoms with E-state index in [-0.39, 0.29) is 19.1 Å². The Morgan fingerprint density at radius 1 is 0.540 bits per heavy atom. The Bertz CT molecular complexity index is 1040. The van der Waals surface area contributed by atoms with E-state index >= 15 is 0 Å². The SMILES string of the molecule is CCCCCCCCCCCCCC/C=C\CCCCCCCCCCCCCCCCCCC(=O)NC(COP(=O)([O-])OCC[N+](C)(C)C)C(O)CCCCCCCCCCC. The fourth-order valence-corrected chi connectivity index (χ4v) is 9.11. The van der Waals surface area contributed by atoms with Crippen molar-refractivity contribution in [1.29, 1.82) is 0 Å². The first-order chi connectivity index (χ1) is 30.5. The van der Waals surface area contributed by atoms with Gasteiger partial charge in [0, 0.05) is 6.42 Å². The van der Waals surface area contributed by atoms with Crippen LogP contribution in [0, 0.1) is 0 Å². The van der Waals surface area contributed by atoms with Gasteiger partial charge >= 0.3 is 0 Å². The average molecular weight is 913 g/mol. The molecule has 0 spiro atoms. The van der Waals surface area contributed by atoms with Crippen molar-refractivity contribution in [2.75, 3.05) is 40.9 Å². The fourth-order valence-electron chi connectivity index (χ4n) is 8.39. The molecule has 9 heteroatoms. The maximum atomic E-state index is 12.9. The van der Waals surface area contributed by atoms with Crippen LogP contribution in [0.2, 0.25) is 0 Å². The van der Waals surface area contributed by atoms with Gasteiger partial charge in [-0.25, -0.2) is 0 Å². The second kappa shape index (κ2) is 46.4. The number of phosphoric ester groups is 1. The van der Waals surface area contributed by atoms with Crippen LogP contribution >= 0.6 is 7.82 Å². The average Bonchev–Trinajstić information content (AvgIpc) is 3.24. The third-order valence-electron chi connectivity index (χ3n) is 12.8. The summed E-state index contributed by atoms with van der Waals surface area (Å²) < 4.78 is 23.3. The highest BCUT2D eigenvalue weighted by Gasteiger charge is 2.24. The lowest BCUT2D eigenvalue weighted by molar-refractivity contribution is -0.870.